The first-order chi connectivity index (χ1) is 16.6. The number of hydrogen-bond donors (Lipinski definition) is 1. The Labute approximate surface area is 202 Å². The Bertz CT molecular complexity index is 1120. The molecule has 4 rings (SSSR count). The molecule has 2 unspecified atom stereocenters. The summed E-state index contributed by atoms with van der Waals surface area (Å²) in [6.07, 6.45) is 4.66. The lowest BCUT2D eigenvalue weighted by atomic mass is 9.80. The largest absolute Gasteiger partial charge is 0.465 e. The number of fused-ring (bicyclic) bond motifs is 1. The molecule has 0 aromatic heterocycles. The highest BCUT2D eigenvalue weighted by atomic mass is 16.5. The summed E-state index contributed by atoms with van der Waals surface area (Å²) in [7, 11) is 0. The zero-order chi connectivity index (χ0) is 23.9. The van der Waals surface area contributed by atoms with Gasteiger partial charge in [-0.15, -0.1) is 0 Å². The van der Waals surface area contributed by atoms with Crippen molar-refractivity contribution in [2.45, 2.75) is 51.5 Å². The van der Waals surface area contributed by atoms with Gasteiger partial charge in [-0.2, -0.15) is 0 Å². The number of benzene rings is 3. The van der Waals surface area contributed by atoms with Gasteiger partial charge in [-0.05, 0) is 68.2 Å². The summed E-state index contributed by atoms with van der Waals surface area (Å²) in [6, 6.07) is 23.6. The topological polar surface area (TPSA) is 58.6 Å². The minimum atomic E-state index is -0.424. The van der Waals surface area contributed by atoms with Crippen molar-refractivity contribution in [3.8, 4) is 0 Å². The standard InChI is InChI=1S/C29H34N2O3/c1-3-31(27-14-8-10-22-9-5-6-13-26(22)27)25-12-7-11-24(19-25)21-15-17-23(18-16-21)29(33)30-20-28(32)34-4-2/h5-6,8-10,13-18,24-25H,3-4,7,11-12,19-20H2,1-2H3,(H,30,33). The van der Waals surface area contributed by atoms with E-state index in [2.05, 4.69) is 71.7 Å². The predicted molar refractivity (Wildman–Crippen MR) is 137 cm³/mol. The summed E-state index contributed by atoms with van der Waals surface area (Å²) in [5.41, 5.74) is 3.16. The van der Waals surface area contributed by atoms with Crippen molar-refractivity contribution < 1.29 is 14.3 Å². The summed E-state index contributed by atoms with van der Waals surface area (Å²) in [5.74, 6) is -0.207. The van der Waals surface area contributed by atoms with Gasteiger partial charge in [0.25, 0.3) is 5.91 Å². The molecule has 0 radical (unpaired) electrons. The molecular weight excluding hydrogens is 424 g/mol. The molecule has 1 fully saturated rings. The van der Waals surface area contributed by atoms with Gasteiger partial charge in [0.05, 0.1) is 6.61 Å². The molecule has 34 heavy (non-hydrogen) atoms. The maximum Gasteiger partial charge on any atom is 0.325 e. The lowest BCUT2D eigenvalue weighted by molar-refractivity contribution is -0.141. The summed E-state index contributed by atoms with van der Waals surface area (Å²) in [5, 5.41) is 5.22. The highest BCUT2D eigenvalue weighted by molar-refractivity contribution is 5.96. The molecule has 1 saturated carbocycles. The third kappa shape index (κ3) is 5.41. The van der Waals surface area contributed by atoms with Crippen LogP contribution in [0.25, 0.3) is 10.8 Å². The van der Waals surface area contributed by atoms with Crippen molar-refractivity contribution in [1.29, 1.82) is 0 Å². The van der Waals surface area contributed by atoms with E-state index < -0.39 is 5.97 Å². The third-order valence-corrected chi connectivity index (χ3v) is 6.85. The van der Waals surface area contributed by atoms with Gasteiger partial charge in [-0.25, -0.2) is 0 Å². The van der Waals surface area contributed by atoms with Gasteiger partial charge in [0.15, 0.2) is 0 Å². The van der Waals surface area contributed by atoms with Gasteiger partial charge in [0.2, 0.25) is 0 Å². The van der Waals surface area contributed by atoms with E-state index in [4.69, 9.17) is 4.74 Å². The van der Waals surface area contributed by atoms with Crippen molar-refractivity contribution in [3.05, 3.63) is 77.9 Å². The lowest BCUT2D eigenvalue weighted by Gasteiger charge is -2.39. The first-order valence-electron chi connectivity index (χ1n) is 12.4. The monoisotopic (exact) mass is 458 g/mol. The Morgan fingerprint density at radius 1 is 0.971 bits per heavy atom. The normalized spacial score (nSPS) is 17.8. The van der Waals surface area contributed by atoms with E-state index in [1.54, 1.807) is 6.92 Å². The number of amides is 1. The predicted octanol–water partition coefficient (Wildman–Crippen LogP) is 5.69. The molecule has 178 valence electrons. The number of anilines is 1. The number of esters is 1. The zero-order valence-corrected chi connectivity index (χ0v) is 20.1. The van der Waals surface area contributed by atoms with Crippen molar-refractivity contribution in [1.82, 2.24) is 5.32 Å². The Morgan fingerprint density at radius 3 is 2.50 bits per heavy atom. The molecule has 1 aliphatic rings. The number of carbonyl (C=O) groups excluding carboxylic acids is 2. The number of nitrogens with zero attached hydrogens (tertiary/aromatic N) is 1. The van der Waals surface area contributed by atoms with Crippen molar-refractivity contribution in [2.24, 2.45) is 0 Å². The summed E-state index contributed by atoms with van der Waals surface area (Å²) in [6.45, 7) is 5.16. The maximum atomic E-state index is 12.4. The minimum absolute atomic E-state index is 0.111. The van der Waals surface area contributed by atoms with Crippen LogP contribution in [-0.2, 0) is 9.53 Å². The van der Waals surface area contributed by atoms with E-state index in [1.165, 1.54) is 34.9 Å². The summed E-state index contributed by atoms with van der Waals surface area (Å²) in [4.78, 5) is 26.4. The Kier molecular flexibility index (Phi) is 7.84. The quantitative estimate of drug-likeness (QED) is 0.441. The average molecular weight is 459 g/mol. The van der Waals surface area contributed by atoms with E-state index in [9.17, 15) is 9.59 Å². The van der Waals surface area contributed by atoms with Crippen LogP contribution in [0.2, 0.25) is 0 Å². The molecule has 3 aromatic carbocycles. The summed E-state index contributed by atoms with van der Waals surface area (Å²) >= 11 is 0. The van der Waals surface area contributed by atoms with Gasteiger partial charge >= 0.3 is 5.97 Å². The Morgan fingerprint density at radius 2 is 1.74 bits per heavy atom. The molecule has 5 heteroatoms. The number of rotatable bonds is 8. The SMILES string of the molecule is CCOC(=O)CNC(=O)c1ccc(C2CCCC(N(CC)c3cccc4ccccc34)C2)cc1. The van der Waals surface area contributed by atoms with Crippen LogP contribution in [-0.4, -0.2) is 37.6 Å². The second-order valence-corrected chi connectivity index (χ2v) is 8.91. The molecule has 2 atom stereocenters. The first kappa shape index (κ1) is 23.8. The van der Waals surface area contributed by atoms with E-state index >= 15 is 0 Å². The summed E-state index contributed by atoms with van der Waals surface area (Å²) < 4.78 is 4.86. The molecule has 0 heterocycles. The third-order valence-electron chi connectivity index (χ3n) is 6.85. The van der Waals surface area contributed by atoms with E-state index in [-0.39, 0.29) is 12.5 Å². The molecule has 1 amide bonds. The van der Waals surface area contributed by atoms with Crippen LogP contribution in [0.1, 0.15) is 61.4 Å². The van der Waals surface area contributed by atoms with Gasteiger partial charge < -0.3 is 15.0 Å². The van der Waals surface area contributed by atoms with Crippen LogP contribution >= 0.6 is 0 Å². The number of carbonyl (C=O) groups is 2. The fraction of sp³-hybridized carbons (Fsp3) is 0.379. The Hall–Kier alpha value is -3.34. The average Bonchev–Trinajstić information content (AvgIpc) is 2.88. The van der Waals surface area contributed by atoms with E-state index in [0.29, 0.717) is 24.1 Å². The van der Waals surface area contributed by atoms with Gasteiger partial charge in [0.1, 0.15) is 6.54 Å². The molecular formula is C29H34N2O3. The highest BCUT2D eigenvalue weighted by Gasteiger charge is 2.28. The van der Waals surface area contributed by atoms with Crippen molar-refractivity contribution >= 4 is 28.3 Å². The fourth-order valence-electron chi connectivity index (χ4n) is 5.21. The lowest BCUT2D eigenvalue weighted by Crippen LogP contribution is -2.38. The minimum Gasteiger partial charge on any atom is -0.465 e. The first-order valence-corrected chi connectivity index (χ1v) is 12.4. The van der Waals surface area contributed by atoms with E-state index in [1.807, 2.05) is 12.1 Å². The molecule has 0 saturated heterocycles. The van der Waals surface area contributed by atoms with Crippen molar-refractivity contribution in [2.75, 3.05) is 24.6 Å². The smallest absolute Gasteiger partial charge is 0.325 e. The highest BCUT2D eigenvalue weighted by Crippen LogP contribution is 2.38. The molecule has 3 aromatic rings. The van der Waals surface area contributed by atoms with Crippen LogP contribution < -0.4 is 10.2 Å². The van der Waals surface area contributed by atoms with Crippen LogP contribution in [0.3, 0.4) is 0 Å². The van der Waals surface area contributed by atoms with Crippen LogP contribution in [0.4, 0.5) is 5.69 Å². The molecule has 1 aliphatic carbocycles. The second-order valence-electron chi connectivity index (χ2n) is 8.91. The maximum absolute atomic E-state index is 12.4. The van der Waals surface area contributed by atoms with E-state index in [0.717, 1.165) is 19.4 Å². The molecule has 0 aliphatic heterocycles. The Balaban J connectivity index is 1.45. The molecule has 1 N–H and O–H groups in total. The van der Waals surface area contributed by atoms with Crippen LogP contribution in [0, 0.1) is 0 Å². The zero-order valence-electron chi connectivity index (χ0n) is 20.1. The van der Waals surface area contributed by atoms with Gasteiger partial charge in [-0.1, -0.05) is 55.0 Å². The molecule has 0 spiro atoms. The molecule has 5 nitrogen and oxygen atoms in total. The molecule has 0 bridgehead atoms. The number of ether oxygens (including phenoxy) is 1. The van der Waals surface area contributed by atoms with Crippen LogP contribution in [0.15, 0.2) is 66.7 Å². The number of nitrogens with one attached hydrogen (secondary N) is 1. The number of hydrogen-bond acceptors (Lipinski definition) is 4. The van der Waals surface area contributed by atoms with Gasteiger partial charge in [0, 0.05) is 29.2 Å². The van der Waals surface area contributed by atoms with Gasteiger partial charge in [-0.3, -0.25) is 9.59 Å². The van der Waals surface area contributed by atoms with Crippen molar-refractivity contribution in [3.63, 3.8) is 0 Å². The fourth-order valence-corrected chi connectivity index (χ4v) is 5.21. The van der Waals surface area contributed by atoms with Crippen LogP contribution in [0.5, 0.6) is 0 Å². The second kappa shape index (κ2) is 11.2.